The molecule has 1 saturated heterocycles. The number of allylic oxidation sites excluding steroid dienone is 2. The Morgan fingerprint density at radius 2 is 1.62 bits per heavy atom. The van der Waals surface area contributed by atoms with Crippen molar-refractivity contribution in [1.29, 1.82) is 0 Å². The average Bonchev–Trinajstić information content (AvgIpc) is 3.06. The zero-order chi connectivity index (χ0) is 27.2. The van der Waals surface area contributed by atoms with Crippen LogP contribution in [0.25, 0.3) is 0 Å². The molecule has 4 aliphatic carbocycles. The SMILES string of the molecule is CC(=O)O[C@@H]1CC[C@@]2(C)[C@H](CC[C@]3(C)[C@@H]2CC[C@@H]2[C@@H](C=C(C)C)[C@]4(CC[C@]23C)C[C@H](O)OC4=O)C1(C)C. The van der Waals surface area contributed by atoms with Crippen LogP contribution in [0.2, 0.25) is 0 Å². The van der Waals surface area contributed by atoms with E-state index in [2.05, 4.69) is 54.5 Å². The lowest BCUT2D eigenvalue weighted by Gasteiger charge is -2.72. The van der Waals surface area contributed by atoms with Gasteiger partial charge in [0.05, 0.1) is 5.41 Å². The molecule has 1 aliphatic heterocycles. The molecule has 4 saturated carbocycles. The van der Waals surface area contributed by atoms with E-state index in [0.29, 0.717) is 24.2 Å². The second-order valence-electron chi connectivity index (χ2n) is 15.1. The van der Waals surface area contributed by atoms with Gasteiger partial charge in [-0.25, -0.2) is 0 Å². The molecule has 10 atom stereocenters. The highest BCUT2D eigenvalue weighted by Crippen LogP contribution is 2.76. The minimum absolute atomic E-state index is 0.00394. The van der Waals surface area contributed by atoms with E-state index < -0.39 is 11.7 Å². The average molecular weight is 515 g/mol. The Morgan fingerprint density at radius 3 is 2.22 bits per heavy atom. The molecular weight excluding hydrogens is 464 g/mol. The van der Waals surface area contributed by atoms with Gasteiger partial charge < -0.3 is 14.6 Å². The summed E-state index contributed by atoms with van der Waals surface area (Å²) >= 11 is 0. The molecule has 5 nitrogen and oxygen atoms in total. The Morgan fingerprint density at radius 1 is 0.919 bits per heavy atom. The van der Waals surface area contributed by atoms with Gasteiger partial charge in [-0.15, -0.1) is 0 Å². The summed E-state index contributed by atoms with van der Waals surface area (Å²) in [7, 11) is 0. The van der Waals surface area contributed by atoms with E-state index in [1.54, 1.807) is 6.92 Å². The Bertz CT molecular complexity index is 995. The summed E-state index contributed by atoms with van der Waals surface area (Å²) in [4.78, 5) is 25.2. The van der Waals surface area contributed by atoms with Crippen molar-refractivity contribution < 1.29 is 24.2 Å². The first kappa shape index (κ1) is 27.2. The third-order valence-electron chi connectivity index (χ3n) is 13.0. The molecule has 37 heavy (non-hydrogen) atoms. The molecule has 0 radical (unpaired) electrons. The van der Waals surface area contributed by atoms with Gasteiger partial charge in [0.1, 0.15) is 6.10 Å². The Labute approximate surface area is 224 Å². The maximum atomic E-state index is 13.3. The molecular formula is C32H50O5. The third kappa shape index (κ3) is 3.64. The molecule has 1 heterocycles. The van der Waals surface area contributed by atoms with Crippen LogP contribution >= 0.6 is 0 Å². The molecule has 208 valence electrons. The fraction of sp³-hybridized carbons (Fsp3) is 0.875. The number of aliphatic hydroxyl groups is 1. The minimum atomic E-state index is -0.971. The van der Waals surface area contributed by atoms with Crippen LogP contribution in [0.4, 0.5) is 0 Å². The van der Waals surface area contributed by atoms with Crippen molar-refractivity contribution in [1.82, 2.24) is 0 Å². The number of cyclic esters (lactones) is 1. The van der Waals surface area contributed by atoms with Crippen LogP contribution in [0.1, 0.15) is 113 Å². The van der Waals surface area contributed by atoms with Gasteiger partial charge in [0.25, 0.3) is 0 Å². The van der Waals surface area contributed by atoms with E-state index in [1.165, 1.54) is 18.4 Å². The molecule has 1 N–H and O–H groups in total. The van der Waals surface area contributed by atoms with Crippen LogP contribution in [-0.4, -0.2) is 29.4 Å². The van der Waals surface area contributed by atoms with Crippen molar-refractivity contribution in [3.05, 3.63) is 11.6 Å². The van der Waals surface area contributed by atoms with Gasteiger partial charge in [0, 0.05) is 18.8 Å². The molecule has 5 aliphatic rings. The first-order valence-electron chi connectivity index (χ1n) is 14.8. The Kier molecular flexibility index (Phi) is 6.30. The van der Waals surface area contributed by atoms with Crippen molar-refractivity contribution in [3.8, 4) is 0 Å². The van der Waals surface area contributed by atoms with Crippen LogP contribution < -0.4 is 0 Å². The topological polar surface area (TPSA) is 72.8 Å². The van der Waals surface area contributed by atoms with Crippen molar-refractivity contribution in [2.75, 3.05) is 0 Å². The van der Waals surface area contributed by atoms with Gasteiger partial charge in [0.2, 0.25) is 6.29 Å². The summed E-state index contributed by atoms with van der Waals surface area (Å²) in [6.45, 7) is 18.2. The smallest absolute Gasteiger partial charge is 0.315 e. The van der Waals surface area contributed by atoms with Gasteiger partial charge >= 0.3 is 11.9 Å². The van der Waals surface area contributed by atoms with Crippen LogP contribution in [0.3, 0.4) is 0 Å². The number of rotatable bonds is 2. The molecule has 5 fully saturated rings. The van der Waals surface area contributed by atoms with Crippen molar-refractivity contribution in [2.24, 2.45) is 50.7 Å². The molecule has 0 aromatic rings. The maximum Gasteiger partial charge on any atom is 0.315 e. The van der Waals surface area contributed by atoms with E-state index in [9.17, 15) is 14.7 Å². The van der Waals surface area contributed by atoms with E-state index in [0.717, 1.165) is 38.5 Å². The molecule has 1 spiro atoms. The Balaban J connectivity index is 1.52. The van der Waals surface area contributed by atoms with Crippen molar-refractivity contribution in [3.63, 3.8) is 0 Å². The highest BCUT2D eigenvalue weighted by Gasteiger charge is 2.71. The Hall–Kier alpha value is -1.36. The number of carbonyl (C=O) groups is 2. The number of ether oxygens (including phenoxy) is 2. The molecule has 5 heteroatoms. The van der Waals surface area contributed by atoms with E-state index in [4.69, 9.17) is 9.47 Å². The summed E-state index contributed by atoms with van der Waals surface area (Å²) in [5.41, 5.74) is 1.14. The predicted octanol–water partition coefficient (Wildman–Crippen LogP) is 6.82. The van der Waals surface area contributed by atoms with Gasteiger partial charge in [-0.3, -0.25) is 9.59 Å². The van der Waals surface area contributed by atoms with Gasteiger partial charge in [-0.05, 0) is 105 Å². The highest BCUT2D eigenvalue weighted by atomic mass is 16.6. The van der Waals surface area contributed by atoms with Gasteiger partial charge in [-0.2, -0.15) is 0 Å². The minimum Gasteiger partial charge on any atom is -0.462 e. The second-order valence-corrected chi connectivity index (χ2v) is 15.1. The highest BCUT2D eigenvalue weighted by molar-refractivity contribution is 5.80. The third-order valence-corrected chi connectivity index (χ3v) is 13.0. The molecule has 0 unspecified atom stereocenters. The first-order chi connectivity index (χ1) is 17.1. The number of carbonyl (C=O) groups excluding carboxylic acids is 2. The quantitative estimate of drug-likeness (QED) is 0.323. The lowest BCUT2D eigenvalue weighted by Crippen LogP contribution is -2.67. The number of hydrogen-bond acceptors (Lipinski definition) is 5. The van der Waals surface area contributed by atoms with Crippen molar-refractivity contribution in [2.45, 2.75) is 126 Å². The zero-order valence-electron chi connectivity index (χ0n) is 24.5. The van der Waals surface area contributed by atoms with E-state index in [-0.39, 0.29) is 45.6 Å². The summed E-state index contributed by atoms with van der Waals surface area (Å²) < 4.78 is 11.3. The molecule has 5 rings (SSSR count). The molecule has 0 bridgehead atoms. The largest absolute Gasteiger partial charge is 0.462 e. The zero-order valence-corrected chi connectivity index (χ0v) is 24.5. The number of aliphatic hydroxyl groups excluding tert-OH is 1. The normalized spacial score (nSPS) is 50.4. The lowest BCUT2D eigenvalue weighted by molar-refractivity contribution is -0.246. The number of esters is 2. The molecule has 0 aromatic carbocycles. The first-order valence-corrected chi connectivity index (χ1v) is 14.8. The van der Waals surface area contributed by atoms with Crippen molar-refractivity contribution >= 4 is 11.9 Å². The second kappa shape index (κ2) is 8.57. The summed E-state index contributed by atoms with van der Waals surface area (Å²) in [6.07, 6.45) is 10.3. The van der Waals surface area contributed by atoms with E-state index in [1.807, 2.05) is 0 Å². The van der Waals surface area contributed by atoms with Crippen LogP contribution in [-0.2, 0) is 19.1 Å². The fourth-order valence-electron chi connectivity index (χ4n) is 11.2. The molecule has 0 amide bonds. The molecule has 0 aromatic heterocycles. The lowest BCUT2D eigenvalue weighted by atomic mass is 9.32. The fourth-order valence-corrected chi connectivity index (χ4v) is 11.2. The monoisotopic (exact) mass is 514 g/mol. The van der Waals surface area contributed by atoms with Gasteiger partial charge in [0.15, 0.2) is 0 Å². The van der Waals surface area contributed by atoms with E-state index >= 15 is 0 Å². The standard InChI is InChI=1S/C32H50O5/c1-19(2)17-22-21-9-10-24-29(6)13-12-25(36-20(3)33)28(4,5)23(29)11-14-31(24,8)30(21,7)15-16-32(22)18-26(34)37-27(32)35/h17,21-26,34H,9-16,18H2,1-8H3/t21-,22-,23-,24-,25-,26-,29+,30-,31-,32+/m1/s1. The number of hydrogen-bond donors (Lipinski definition) is 1. The summed E-state index contributed by atoms with van der Waals surface area (Å²) in [5, 5.41) is 10.4. The number of fused-ring (bicyclic) bond motifs is 5. The predicted molar refractivity (Wildman–Crippen MR) is 143 cm³/mol. The summed E-state index contributed by atoms with van der Waals surface area (Å²) in [5.74, 6) is 1.31. The summed E-state index contributed by atoms with van der Waals surface area (Å²) in [6, 6.07) is 0. The van der Waals surface area contributed by atoms with Gasteiger partial charge in [-0.1, -0.05) is 46.3 Å². The maximum absolute atomic E-state index is 13.3. The van der Waals surface area contributed by atoms with Crippen LogP contribution in [0.5, 0.6) is 0 Å². The van der Waals surface area contributed by atoms with Crippen LogP contribution in [0.15, 0.2) is 11.6 Å². The van der Waals surface area contributed by atoms with Crippen LogP contribution in [0, 0.1) is 50.7 Å².